The zero-order valence-corrected chi connectivity index (χ0v) is 15.1. The van der Waals surface area contributed by atoms with Crippen molar-refractivity contribution >= 4 is 23.4 Å². The van der Waals surface area contributed by atoms with Gasteiger partial charge in [-0.2, -0.15) is 5.10 Å². The van der Waals surface area contributed by atoms with Gasteiger partial charge in [0.05, 0.1) is 22.1 Å². The molecule has 2 aromatic rings. The van der Waals surface area contributed by atoms with E-state index in [2.05, 4.69) is 15.7 Å². The van der Waals surface area contributed by atoms with Gasteiger partial charge in [-0.25, -0.2) is 4.68 Å². The van der Waals surface area contributed by atoms with Gasteiger partial charge in [0.1, 0.15) is 0 Å². The standard InChI is InChI=1S/C18H21ClN4O2/c1-11-16(19)12(2)23(22-11)15-7-5-14(6-8-15)18(25)21-10-9-20-17(24)13-3-4-13/h5-8,13H,3-4,9-10H2,1-2H3,(H,20,24)(H,21,25). The summed E-state index contributed by atoms with van der Waals surface area (Å²) in [5, 5.41) is 10.7. The van der Waals surface area contributed by atoms with Crippen LogP contribution in [0.1, 0.15) is 34.6 Å². The van der Waals surface area contributed by atoms with Gasteiger partial charge < -0.3 is 10.6 Å². The summed E-state index contributed by atoms with van der Waals surface area (Å²) in [5.74, 6) is 0.104. The van der Waals surface area contributed by atoms with Crippen LogP contribution < -0.4 is 10.6 Å². The van der Waals surface area contributed by atoms with Crippen molar-refractivity contribution in [1.82, 2.24) is 20.4 Å². The molecule has 2 N–H and O–H groups in total. The Morgan fingerprint density at radius 3 is 2.36 bits per heavy atom. The molecule has 0 atom stereocenters. The molecule has 0 saturated heterocycles. The van der Waals surface area contributed by atoms with Crippen LogP contribution in [0, 0.1) is 19.8 Å². The van der Waals surface area contributed by atoms with Crippen LogP contribution in [0.3, 0.4) is 0 Å². The van der Waals surface area contributed by atoms with Gasteiger partial charge in [-0.05, 0) is 51.0 Å². The average molecular weight is 361 g/mol. The van der Waals surface area contributed by atoms with Gasteiger partial charge in [0, 0.05) is 24.6 Å². The van der Waals surface area contributed by atoms with Gasteiger partial charge in [-0.1, -0.05) is 11.6 Å². The summed E-state index contributed by atoms with van der Waals surface area (Å²) in [4.78, 5) is 23.6. The molecule has 1 fully saturated rings. The summed E-state index contributed by atoms with van der Waals surface area (Å²) in [5.41, 5.74) is 3.04. The molecule has 3 rings (SSSR count). The van der Waals surface area contributed by atoms with Gasteiger partial charge in [-0.15, -0.1) is 0 Å². The Morgan fingerprint density at radius 2 is 1.80 bits per heavy atom. The third-order valence-electron chi connectivity index (χ3n) is 4.23. The lowest BCUT2D eigenvalue weighted by atomic mass is 10.2. The van der Waals surface area contributed by atoms with Crippen LogP contribution in [0.5, 0.6) is 0 Å². The molecule has 1 saturated carbocycles. The maximum atomic E-state index is 12.1. The van der Waals surface area contributed by atoms with Crippen molar-refractivity contribution in [2.45, 2.75) is 26.7 Å². The SMILES string of the molecule is Cc1nn(-c2ccc(C(=O)NCCNC(=O)C3CC3)cc2)c(C)c1Cl. The predicted octanol–water partition coefficient (Wildman–Crippen LogP) is 2.40. The zero-order valence-electron chi connectivity index (χ0n) is 14.3. The van der Waals surface area contributed by atoms with Crippen molar-refractivity contribution in [2.75, 3.05) is 13.1 Å². The minimum atomic E-state index is -0.168. The smallest absolute Gasteiger partial charge is 0.251 e. The molecule has 25 heavy (non-hydrogen) atoms. The van der Waals surface area contributed by atoms with Crippen LogP contribution in [0.15, 0.2) is 24.3 Å². The second kappa shape index (κ2) is 7.27. The third-order valence-corrected chi connectivity index (χ3v) is 4.78. The quantitative estimate of drug-likeness (QED) is 0.777. The first kappa shape index (κ1) is 17.5. The molecule has 1 aliphatic rings. The third kappa shape index (κ3) is 4.02. The summed E-state index contributed by atoms with van der Waals surface area (Å²) in [6, 6.07) is 7.16. The second-order valence-electron chi connectivity index (χ2n) is 6.26. The minimum absolute atomic E-state index is 0.0853. The molecule has 6 nitrogen and oxygen atoms in total. The second-order valence-corrected chi connectivity index (χ2v) is 6.64. The summed E-state index contributed by atoms with van der Waals surface area (Å²) in [7, 11) is 0. The Kier molecular flexibility index (Phi) is 5.08. The fourth-order valence-corrected chi connectivity index (χ4v) is 2.70. The van der Waals surface area contributed by atoms with E-state index in [1.165, 1.54) is 0 Å². The minimum Gasteiger partial charge on any atom is -0.354 e. The van der Waals surface area contributed by atoms with Gasteiger partial charge in [-0.3, -0.25) is 9.59 Å². The molecule has 0 spiro atoms. The highest BCUT2D eigenvalue weighted by atomic mass is 35.5. The number of nitrogens with zero attached hydrogens (tertiary/aromatic N) is 2. The van der Waals surface area contributed by atoms with E-state index in [0.29, 0.717) is 23.7 Å². The van der Waals surface area contributed by atoms with E-state index in [4.69, 9.17) is 11.6 Å². The molecule has 2 amide bonds. The zero-order chi connectivity index (χ0) is 18.0. The molecule has 132 valence electrons. The first-order valence-electron chi connectivity index (χ1n) is 8.35. The van der Waals surface area contributed by atoms with E-state index < -0.39 is 0 Å². The number of hydrogen-bond donors (Lipinski definition) is 2. The van der Waals surface area contributed by atoms with Crippen molar-refractivity contribution in [3.05, 3.63) is 46.2 Å². The highest BCUT2D eigenvalue weighted by Crippen LogP contribution is 2.28. The summed E-state index contributed by atoms with van der Waals surface area (Å²) in [6.07, 6.45) is 1.95. The van der Waals surface area contributed by atoms with E-state index >= 15 is 0 Å². The van der Waals surface area contributed by atoms with Crippen LogP contribution in [0.25, 0.3) is 5.69 Å². The number of carbonyl (C=O) groups is 2. The van der Waals surface area contributed by atoms with Crippen LogP contribution in [-0.4, -0.2) is 34.7 Å². The molecule has 0 bridgehead atoms. The van der Waals surface area contributed by atoms with Crippen LogP contribution in [-0.2, 0) is 4.79 Å². The normalized spacial score (nSPS) is 13.6. The van der Waals surface area contributed by atoms with Crippen LogP contribution in [0.4, 0.5) is 0 Å². The Hall–Kier alpha value is -2.34. The summed E-state index contributed by atoms with van der Waals surface area (Å²) < 4.78 is 1.76. The maximum absolute atomic E-state index is 12.1. The highest BCUT2D eigenvalue weighted by molar-refractivity contribution is 6.31. The van der Waals surface area contributed by atoms with E-state index in [-0.39, 0.29) is 17.7 Å². The van der Waals surface area contributed by atoms with Crippen molar-refractivity contribution < 1.29 is 9.59 Å². The molecule has 1 heterocycles. The molecule has 0 aliphatic heterocycles. The monoisotopic (exact) mass is 360 g/mol. The lowest BCUT2D eigenvalue weighted by Gasteiger charge is -2.08. The highest BCUT2D eigenvalue weighted by Gasteiger charge is 2.28. The molecule has 0 radical (unpaired) electrons. The lowest BCUT2D eigenvalue weighted by molar-refractivity contribution is -0.122. The van der Waals surface area contributed by atoms with Gasteiger partial charge in [0.25, 0.3) is 5.91 Å². The fraction of sp³-hybridized carbons (Fsp3) is 0.389. The van der Waals surface area contributed by atoms with Crippen LogP contribution >= 0.6 is 11.6 Å². The van der Waals surface area contributed by atoms with Crippen molar-refractivity contribution in [2.24, 2.45) is 5.92 Å². The van der Waals surface area contributed by atoms with E-state index in [1.54, 1.807) is 16.8 Å². The summed E-state index contributed by atoms with van der Waals surface area (Å²) in [6.45, 7) is 4.62. The number of carbonyl (C=O) groups excluding carboxylic acids is 2. The van der Waals surface area contributed by atoms with E-state index in [0.717, 1.165) is 29.9 Å². The number of nitrogens with one attached hydrogen (secondary N) is 2. The van der Waals surface area contributed by atoms with Gasteiger partial charge in [0.15, 0.2) is 0 Å². The molecular formula is C18H21ClN4O2. The molecule has 1 aromatic carbocycles. The van der Waals surface area contributed by atoms with Crippen molar-refractivity contribution in [1.29, 1.82) is 0 Å². The average Bonchev–Trinajstić information content (AvgIpc) is 3.43. The topological polar surface area (TPSA) is 76.0 Å². The molecular weight excluding hydrogens is 340 g/mol. The Bertz CT molecular complexity index is 794. The number of halogens is 1. The van der Waals surface area contributed by atoms with Gasteiger partial charge >= 0.3 is 0 Å². The number of amides is 2. The van der Waals surface area contributed by atoms with Crippen LogP contribution in [0.2, 0.25) is 5.02 Å². The fourth-order valence-electron chi connectivity index (χ4n) is 2.58. The number of rotatable bonds is 6. The Labute approximate surface area is 151 Å². The first-order valence-corrected chi connectivity index (χ1v) is 8.73. The number of aryl methyl sites for hydroxylation is 1. The Balaban J connectivity index is 1.55. The molecule has 1 aromatic heterocycles. The van der Waals surface area contributed by atoms with Crippen molar-refractivity contribution in [3.8, 4) is 5.69 Å². The number of hydrogen-bond acceptors (Lipinski definition) is 3. The van der Waals surface area contributed by atoms with E-state index in [1.807, 2.05) is 26.0 Å². The first-order chi connectivity index (χ1) is 12.0. The maximum Gasteiger partial charge on any atom is 0.251 e. The Morgan fingerprint density at radius 1 is 1.16 bits per heavy atom. The van der Waals surface area contributed by atoms with Gasteiger partial charge in [0.2, 0.25) is 5.91 Å². The predicted molar refractivity (Wildman–Crippen MR) is 96.1 cm³/mol. The molecule has 0 unspecified atom stereocenters. The van der Waals surface area contributed by atoms with E-state index in [9.17, 15) is 9.59 Å². The summed E-state index contributed by atoms with van der Waals surface area (Å²) >= 11 is 6.17. The van der Waals surface area contributed by atoms with Crippen molar-refractivity contribution in [3.63, 3.8) is 0 Å². The molecule has 1 aliphatic carbocycles. The largest absolute Gasteiger partial charge is 0.354 e. The number of benzene rings is 1. The lowest BCUT2D eigenvalue weighted by Crippen LogP contribution is -2.35. The number of aromatic nitrogens is 2. The molecule has 7 heteroatoms.